The minimum Gasteiger partial charge on any atom is -0.385 e. The van der Waals surface area contributed by atoms with E-state index in [9.17, 15) is 9.50 Å². The minimum atomic E-state index is -0.811. The fraction of sp³-hybridized carbons (Fsp3) is 0.333. The van der Waals surface area contributed by atoms with E-state index in [-0.39, 0.29) is 5.02 Å². The number of hydrogen-bond acceptors (Lipinski definition) is 3. The van der Waals surface area contributed by atoms with Crippen LogP contribution >= 0.6 is 11.6 Å². The molecule has 1 saturated heterocycles. The van der Waals surface area contributed by atoms with Crippen LogP contribution in [0.4, 0.5) is 4.39 Å². The zero-order valence-corrected chi connectivity index (χ0v) is 13.5. The fourth-order valence-corrected chi connectivity index (χ4v) is 3.31. The van der Waals surface area contributed by atoms with Gasteiger partial charge < -0.3 is 16.2 Å². The van der Waals surface area contributed by atoms with Crippen LogP contribution in [0.1, 0.15) is 24.0 Å². The summed E-state index contributed by atoms with van der Waals surface area (Å²) in [6.07, 6.45) is 1.36. The van der Waals surface area contributed by atoms with Gasteiger partial charge in [-0.1, -0.05) is 35.9 Å². The molecular weight excluding hydrogens is 315 g/mol. The lowest BCUT2D eigenvalue weighted by Gasteiger charge is -2.33. The molecule has 3 rings (SSSR count). The lowest BCUT2D eigenvalue weighted by Crippen LogP contribution is -2.39. The van der Waals surface area contributed by atoms with Crippen molar-refractivity contribution in [3.8, 4) is 11.1 Å². The number of aliphatic hydroxyl groups is 1. The molecule has 23 heavy (non-hydrogen) atoms. The molecule has 1 aliphatic rings. The minimum absolute atomic E-state index is 0.0894. The van der Waals surface area contributed by atoms with Crippen molar-refractivity contribution >= 4 is 11.6 Å². The fourth-order valence-electron chi connectivity index (χ4n) is 3.13. The third-order valence-corrected chi connectivity index (χ3v) is 4.81. The SMILES string of the molecule is NCc1cc(C2(O)CCNCC2)ccc1-c1ccc(F)c(Cl)c1. The highest BCUT2D eigenvalue weighted by molar-refractivity contribution is 6.31. The first kappa shape index (κ1) is 16.4. The Balaban J connectivity index is 2.01. The van der Waals surface area contributed by atoms with Gasteiger partial charge in [0.05, 0.1) is 10.6 Å². The highest BCUT2D eigenvalue weighted by atomic mass is 35.5. The van der Waals surface area contributed by atoms with E-state index in [1.54, 1.807) is 12.1 Å². The summed E-state index contributed by atoms with van der Waals surface area (Å²) in [5.74, 6) is -0.439. The van der Waals surface area contributed by atoms with Crippen LogP contribution in [0.15, 0.2) is 36.4 Å². The van der Waals surface area contributed by atoms with Crippen LogP contribution in [-0.4, -0.2) is 18.2 Å². The van der Waals surface area contributed by atoms with E-state index in [4.69, 9.17) is 17.3 Å². The van der Waals surface area contributed by atoms with E-state index in [0.717, 1.165) is 35.3 Å². The molecule has 0 saturated carbocycles. The van der Waals surface area contributed by atoms with Crippen molar-refractivity contribution in [2.24, 2.45) is 5.73 Å². The summed E-state index contributed by atoms with van der Waals surface area (Å²) in [6.45, 7) is 1.93. The molecule has 0 bridgehead atoms. The van der Waals surface area contributed by atoms with Gasteiger partial charge >= 0.3 is 0 Å². The maximum absolute atomic E-state index is 13.4. The topological polar surface area (TPSA) is 58.3 Å². The largest absolute Gasteiger partial charge is 0.385 e. The Kier molecular flexibility index (Phi) is 4.69. The lowest BCUT2D eigenvalue weighted by atomic mass is 9.83. The average molecular weight is 335 g/mol. The van der Waals surface area contributed by atoms with Crippen LogP contribution < -0.4 is 11.1 Å². The Morgan fingerprint density at radius 2 is 1.91 bits per heavy atom. The molecular formula is C18H20ClFN2O. The zero-order valence-electron chi connectivity index (χ0n) is 12.8. The van der Waals surface area contributed by atoms with Crippen molar-refractivity contribution in [1.29, 1.82) is 0 Å². The number of piperidine rings is 1. The Morgan fingerprint density at radius 3 is 2.57 bits per heavy atom. The van der Waals surface area contributed by atoms with Gasteiger partial charge in [-0.05, 0) is 60.3 Å². The van der Waals surface area contributed by atoms with Crippen molar-refractivity contribution in [2.75, 3.05) is 13.1 Å². The summed E-state index contributed by atoms with van der Waals surface area (Å²) < 4.78 is 13.4. The Morgan fingerprint density at radius 1 is 1.17 bits per heavy atom. The standard InChI is InChI=1S/C18H20ClFN2O/c19-16-10-12(1-4-17(16)20)15-3-2-14(9-13(15)11-21)18(23)5-7-22-8-6-18/h1-4,9-10,22-23H,5-8,11,21H2. The molecule has 0 atom stereocenters. The van der Waals surface area contributed by atoms with E-state index in [0.29, 0.717) is 19.4 Å². The molecule has 0 unspecified atom stereocenters. The van der Waals surface area contributed by atoms with Gasteiger partial charge in [0, 0.05) is 6.54 Å². The number of halogens is 2. The summed E-state index contributed by atoms with van der Waals surface area (Å²) in [5, 5.41) is 14.2. The highest BCUT2D eigenvalue weighted by Gasteiger charge is 2.31. The highest BCUT2D eigenvalue weighted by Crippen LogP contribution is 2.34. The maximum Gasteiger partial charge on any atom is 0.141 e. The normalized spacial score (nSPS) is 17.2. The van der Waals surface area contributed by atoms with Crippen molar-refractivity contribution in [3.63, 3.8) is 0 Å². The first-order valence-corrected chi connectivity index (χ1v) is 8.13. The van der Waals surface area contributed by atoms with Crippen LogP contribution in [0.5, 0.6) is 0 Å². The number of nitrogens with two attached hydrogens (primary N) is 1. The molecule has 0 aliphatic carbocycles. The molecule has 0 spiro atoms. The van der Waals surface area contributed by atoms with Gasteiger partial charge in [0.15, 0.2) is 0 Å². The van der Waals surface area contributed by atoms with Crippen LogP contribution in [0.2, 0.25) is 5.02 Å². The molecule has 1 fully saturated rings. The van der Waals surface area contributed by atoms with Gasteiger partial charge in [0.25, 0.3) is 0 Å². The summed E-state index contributed by atoms with van der Waals surface area (Å²) in [5.41, 5.74) is 8.62. The molecule has 2 aromatic carbocycles. The Bertz CT molecular complexity index is 714. The third-order valence-electron chi connectivity index (χ3n) is 4.52. The maximum atomic E-state index is 13.4. The molecule has 0 amide bonds. The quantitative estimate of drug-likeness (QED) is 0.808. The summed E-state index contributed by atoms with van der Waals surface area (Å²) in [4.78, 5) is 0. The van der Waals surface area contributed by atoms with Crippen molar-refractivity contribution in [1.82, 2.24) is 5.32 Å². The van der Waals surface area contributed by atoms with Crippen LogP contribution in [-0.2, 0) is 12.1 Å². The molecule has 2 aromatic rings. The van der Waals surface area contributed by atoms with E-state index in [1.165, 1.54) is 6.07 Å². The van der Waals surface area contributed by atoms with Gasteiger partial charge in [-0.3, -0.25) is 0 Å². The number of hydrogen-bond donors (Lipinski definition) is 3. The first-order valence-electron chi connectivity index (χ1n) is 7.75. The van der Waals surface area contributed by atoms with Crippen LogP contribution in [0.3, 0.4) is 0 Å². The van der Waals surface area contributed by atoms with Crippen LogP contribution in [0.25, 0.3) is 11.1 Å². The lowest BCUT2D eigenvalue weighted by molar-refractivity contribution is 0.00589. The van der Waals surface area contributed by atoms with Gasteiger partial charge in [0.1, 0.15) is 5.82 Å². The van der Waals surface area contributed by atoms with E-state index in [1.807, 2.05) is 18.2 Å². The summed E-state index contributed by atoms with van der Waals surface area (Å²) in [7, 11) is 0. The molecule has 1 aliphatic heterocycles. The Labute approximate surface area is 140 Å². The van der Waals surface area contributed by atoms with Crippen molar-refractivity contribution < 1.29 is 9.50 Å². The predicted octanol–water partition coefficient (Wildman–Crippen LogP) is 3.18. The van der Waals surface area contributed by atoms with Gasteiger partial charge in [0.2, 0.25) is 0 Å². The van der Waals surface area contributed by atoms with E-state index >= 15 is 0 Å². The smallest absolute Gasteiger partial charge is 0.141 e. The number of rotatable bonds is 3. The second-order valence-electron chi connectivity index (χ2n) is 5.99. The predicted molar refractivity (Wildman–Crippen MR) is 90.7 cm³/mol. The van der Waals surface area contributed by atoms with Gasteiger partial charge in [-0.15, -0.1) is 0 Å². The number of nitrogens with one attached hydrogen (secondary N) is 1. The van der Waals surface area contributed by atoms with E-state index < -0.39 is 11.4 Å². The first-order chi connectivity index (χ1) is 11.0. The molecule has 4 N–H and O–H groups in total. The monoisotopic (exact) mass is 334 g/mol. The molecule has 0 aromatic heterocycles. The second kappa shape index (κ2) is 6.57. The van der Waals surface area contributed by atoms with Gasteiger partial charge in [-0.25, -0.2) is 4.39 Å². The zero-order chi connectivity index (χ0) is 16.4. The van der Waals surface area contributed by atoms with Crippen molar-refractivity contribution in [2.45, 2.75) is 25.0 Å². The van der Waals surface area contributed by atoms with Crippen molar-refractivity contribution in [3.05, 3.63) is 58.4 Å². The molecule has 0 radical (unpaired) electrons. The third kappa shape index (κ3) is 3.26. The second-order valence-corrected chi connectivity index (χ2v) is 6.39. The summed E-state index contributed by atoms with van der Waals surface area (Å²) in [6, 6.07) is 10.5. The Hall–Kier alpha value is -1.46. The van der Waals surface area contributed by atoms with Gasteiger partial charge in [-0.2, -0.15) is 0 Å². The number of benzene rings is 2. The van der Waals surface area contributed by atoms with E-state index in [2.05, 4.69) is 5.32 Å². The molecule has 5 heteroatoms. The molecule has 1 heterocycles. The summed E-state index contributed by atoms with van der Waals surface area (Å²) >= 11 is 5.88. The van der Waals surface area contributed by atoms with Crippen LogP contribution in [0, 0.1) is 5.82 Å². The molecule has 3 nitrogen and oxygen atoms in total. The molecule has 122 valence electrons. The average Bonchev–Trinajstić information content (AvgIpc) is 2.57.